The molecule has 0 unspecified atom stereocenters. The predicted molar refractivity (Wildman–Crippen MR) is 116 cm³/mol. The normalized spacial score (nSPS) is 27.1. The summed E-state index contributed by atoms with van der Waals surface area (Å²) in [4.78, 5) is 17.3. The van der Waals surface area contributed by atoms with Gasteiger partial charge in [-0.2, -0.15) is 0 Å². The molecule has 13 heteroatoms. The molecule has 2 aliphatic rings. The number of benzene rings is 2. The predicted octanol–water partition coefficient (Wildman–Crippen LogP) is 2.24. The Labute approximate surface area is 200 Å². The van der Waals surface area contributed by atoms with Gasteiger partial charge in [0.2, 0.25) is 0 Å². The van der Waals surface area contributed by atoms with Gasteiger partial charge in [0.1, 0.15) is 24.1 Å². The number of hydrogen-bond acceptors (Lipinski definition) is 9. The van der Waals surface area contributed by atoms with Crippen molar-refractivity contribution in [1.82, 2.24) is 4.98 Å². The minimum Gasteiger partial charge on any atom is -0.479 e. The van der Waals surface area contributed by atoms with Gasteiger partial charge in [-0.15, -0.1) is 8.78 Å². The second-order valence-electron chi connectivity index (χ2n) is 7.91. The summed E-state index contributed by atoms with van der Waals surface area (Å²) in [6.45, 7) is 0. The molecule has 184 valence electrons. The molecule has 3 heterocycles. The Kier molecular flexibility index (Phi) is 5.65. The Hall–Kier alpha value is -3.29. The molecule has 2 aromatic carbocycles. The summed E-state index contributed by atoms with van der Waals surface area (Å²) in [5, 5.41) is 41.6. The highest BCUT2D eigenvalue weighted by molar-refractivity contribution is 6.35. The number of aromatic nitrogens is 1. The first-order valence-corrected chi connectivity index (χ1v) is 10.6. The molecule has 1 fully saturated rings. The van der Waals surface area contributed by atoms with Crippen molar-refractivity contribution in [3.05, 3.63) is 53.6 Å². The topological polar surface area (TPSA) is 142 Å². The minimum absolute atomic E-state index is 0.0630. The van der Waals surface area contributed by atoms with Crippen molar-refractivity contribution in [2.24, 2.45) is 0 Å². The third-order valence-corrected chi connectivity index (χ3v) is 5.96. The molecule has 0 bridgehead atoms. The van der Waals surface area contributed by atoms with Crippen LogP contribution in [0.3, 0.4) is 0 Å². The van der Waals surface area contributed by atoms with Crippen LogP contribution in [0.1, 0.15) is 0 Å². The highest BCUT2D eigenvalue weighted by atomic mass is 35.5. The van der Waals surface area contributed by atoms with E-state index in [1.165, 1.54) is 23.1 Å². The van der Waals surface area contributed by atoms with Gasteiger partial charge in [0.15, 0.2) is 23.8 Å². The van der Waals surface area contributed by atoms with E-state index in [1.807, 2.05) is 0 Å². The number of aliphatic hydroxyl groups excluding tert-OH is 3. The average molecular weight is 511 g/mol. The monoisotopic (exact) mass is 510 g/mol. The summed E-state index contributed by atoms with van der Waals surface area (Å²) >= 11 is 6.28. The third kappa shape index (κ3) is 4.09. The fourth-order valence-electron chi connectivity index (χ4n) is 4.01. The van der Waals surface area contributed by atoms with Gasteiger partial charge < -0.3 is 34.6 Å². The molecule has 4 N–H and O–H groups in total. The van der Waals surface area contributed by atoms with Crippen LogP contribution in [0.5, 0.6) is 11.5 Å². The maximum atomic E-state index is 13.6. The van der Waals surface area contributed by atoms with E-state index in [-0.39, 0.29) is 23.0 Å². The van der Waals surface area contributed by atoms with Gasteiger partial charge in [0, 0.05) is 17.1 Å². The second-order valence-corrected chi connectivity index (χ2v) is 8.31. The number of para-hydroxylation sites is 1. The number of aliphatic hydroxyl groups is 3. The molecule has 5 rings (SSSR count). The first-order valence-electron chi connectivity index (χ1n) is 10.2. The SMILES string of the molecule is O=C(O)[C@H]1O[C@@H](N(c2ccc3c(c2)OC(F)(F)O3)c2ccc3cccc(Cl)c3n2)[C@H](O)[C@@H](O)[C@@H]1O. The average Bonchev–Trinajstić information content (AvgIpc) is 3.12. The smallest absolute Gasteiger partial charge is 0.479 e. The highest BCUT2D eigenvalue weighted by Crippen LogP contribution is 2.45. The lowest BCUT2D eigenvalue weighted by atomic mass is 9.97. The number of carboxylic acids is 1. The van der Waals surface area contributed by atoms with E-state index in [9.17, 15) is 34.0 Å². The molecule has 0 saturated carbocycles. The number of alkyl halides is 2. The van der Waals surface area contributed by atoms with Crippen molar-refractivity contribution in [2.75, 3.05) is 4.90 Å². The summed E-state index contributed by atoms with van der Waals surface area (Å²) in [7, 11) is 0. The van der Waals surface area contributed by atoms with E-state index in [1.54, 1.807) is 24.3 Å². The Morgan fingerprint density at radius 3 is 2.49 bits per heavy atom. The van der Waals surface area contributed by atoms with E-state index in [0.717, 1.165) is 6.07 Å². The number of anilines is 2. The number of carboxylic acid groups (broad SMARTS) is 1. The van der Waals surface area contributed by atoms with E-state index in [0.29, 0.717) is 15.9 Å². The number of pyridine rings is 1. The van der Waals surface area contributed by atoms with E-state index in [4.69, 9.17) is 16.3 Å². The summed E-state index contributed by atoms with van der Waals surface area (Å²) in [5.41, 5.74) is 0.422. The molecule has 1 aromatic heterocycles. The minimum atomic E-state index is -3.89. The Balaban J connectivity index is 1.66. The van der Waals surface area contributed by atoms with Crippen molar-refractivity contribution < 1.29 is 48.2 Å². The number of carbonyl (C=O) groups is 1. The van der Waals surface area contributed by atoms with Crippen LogP contribution in [0.2, 0.25) is 5.02 Å². The summed E-state index contributed by atoms with van der Waals surface area (Å²) in [6.07, 6.45) is -13.1. The van der Waals surface area contributed by atoms with Crippen LogP contribution in [-0.4, -0.2) is 68.3 Å². The van der Waals surface area contributed by atoms with E-state index in [2.05, 4.69) is 14.5 Å². The number of hydrogen-bond donors (Lipinski definition) is 4. The standard InChI is InChI=1S/C22H17ClF2N2O8/c23-11-3-1-2-9-4-7-14(26-15(9)11)27(10-5-6-12-13(8-10)35-22(24,25)34-12)20-18(30)16(28)17(29)19(33-20)21(31)32/h1-8,16-20,28-30H,(H,31,32)/t16-,17-,18+,19-,20+/m0/s1. The molecule has 0 aliphatic carbocycles. The van der Waals surface area contributed by atoms with Crippen LogP contribution in [0, 0.1) is 0 Å². The van der Waals surface area contributed by atoms with Gasteiger partial charge >= 0.3 is 12.3 Å². The molecule has 35 heavy (non-hydrogen) atoms. The summed E-state index contributed by atoms with van der Waals surface area (Å²) < 4.78 is 41.6. The molecule has 1 saturated heterocycles. The first kappa shape index (κ1) is 23.5. The van der Waals surface area contributed by atoms with E-state index >= 15 is 0 Å². The number of aliphatic carboxylic acids is 1. The maximum Gasteiger partial charge on any atom is 0.586 e. The van der Waals surface area contributed by atoms with Crippen LogP contribution >= 0.6 is 11.6 Å². The number of rotatable bonds is 4. The van der Waals surface area contributed by atoms with Crippen molar-refractivity contribution >= 4 is 40.0 Å². The van der Waals surface area contributed by atoms with Crippen molar-refractivity contribution in [1.29, 1.82) is 0 Å². The van der Waals surface area contributed by atoms with Gasteiger partial charge in [-0.25, -0.2) is 9.78 Å². The van der Waals surface area contributed by atoms with Gasteiger partial charge in [-0.05, 0) is 30.3 Å². The third-order valence-electron chi connectivity index (χ3n) is 5.65. The van der Waals surface area contributed by atoms with Gasteiger partial charge in [0.25, 0.3) is 0 Å². The van der Waals surface area contributed by atoms with E-state index < -0.39 is 42.9 Å². The molecule has 3 aromatic rings. The van der Waals surface area contributed by atoms with Crippen molar-refractivity contribution in [2.45, 2.75) is 36.9 Å². The molecule has 0 radical (unpaired) electrons. The summed E-state index contributed by atoms with van der Waals surface area (Å²) in [5.74, 6) is -2.12. The van der Waals surface area contributed by atoms with Gasteiger partial charge in [0.05, 0.1) is 10.5 Å². The van der Waals surface area contributed by atoms with Crippen LogP contribution < -0.4 is 14.4 Å². The number of fused-ring (bicyclic) bond motifs is 2. The van der Waals surface area contributed by atoms with Crippen LogP contribution in [0.4, 0.5) is 20.3 Å². The number of ether oxygens (including phenoxy) is 3. The number of nitrogens with zero attached hydrogens (tertiary/aromatic N) is 2. The quantitative estimate of drug-likeness (QED) is 0.413. The molecule has 10 nitrogen and oxygen atoms in total. The van der Waals surface area contributed by atoms with Crippen molar-refractivity contribution in [3.8, 4) is 11.5 Å². The number of halogens is 3. The van der Waals surface area contributed by atoms with Gasteiger partial charge in [-0.3, -0.25) is 4.90 Å². The fourth-order valence-corrected chi connectivity index (χ4v) is 4.23. The Morgan fingerprint density at radius 1 is 1.00 bits per heavy atom. The molecular weight excluding hydrogens is 494 g/mol. The highest BCUT2D eigenvalue weighted by Gasteiger charge is 2.50. The Bertz CT molecular complexity index is 1310. The molecular formula is C22H17ClF2N2O8. The zero-order chi connectivity index (χ0) is 25.1. The van der Waals surface area contributed by atoms with Crippen molar-refractivity contribution in [3.63, 3.8) is 0 Å². The zero-order valence-corrected chi connectivity index (χ0v) is 18.2. The molecule has 0 spiro atoms. The maximum absolute atomic E-state index is 13.6. The zero-order valence-electron chi connectivity index (χ0n) is 17.5. The summed E-state index contributed by atoms with van der Waals surface area (Å²) in [6, 6.07) is 11.9. The lowest BCUT2D eigenvalue weighted by molar-refractivity contribution is -0.286. The molecule has 0 amide bonds. The van der Waals surface area contributed by atoms with Gasteiger partial charge in [-0.1, -0.05) is 23.7 Å². The van der Waals surface area contributed by atoms with Crippen LogP contribution in [-0.2, 0) is 9.53 Å². The molecule has 2 aliphatic heterocycles. The lowest BCUT2D eigenvalue weighted by Gasteiger charge is -2.44. The fraction of sp³-hybridized carbons (Fsp3) is 0.273. The van der Waals surface area contributed by atoms with Crippen LogP contribution in [0.15, 0.2) is 48.5 Å². The Morgan fingerprint density at radius 2 is 1.74 bits per heavy atom. The largest absolute Gasteiger partial charge is 0.586 e. The second kappa shape index (κ2) is 8.43. The van der Waals surface area contributed by atoms with Crippen LogP contribution in [0.25, 0.3) is 10.9 Å². The first-order chi connectivity index (χ1) is 16.6. The molecule has 5 atom stereocenters. The lowest BCUT2D eigenvalue weighted by Crippen LogP contribution is -2.63.